The number of hydrogen-bond donors (Lipinski definition) is 2. The molecule has 0 bridgehead atoms. The molecule has 0 unspecified atom stereocenters. The summed E-state index contributed by atoms with van der Waals surface area (Å²) >= 11 is 0. The van der Waals surface area contributed by atoms with Crippen LogP contribution in [0.3, 0.4) is 0 Å². The Morgan fingerprint density at radius 2 is 2.18 bits per heavy atom. The number of nitrogens with two attached hydrogens (primary N) is 1. The van der Waals surface area contributed by atoms with Crippen molar-refractivity contribution in [3.63, 3.8) is 0 Å². The normalized spacial score (nSPS) is 13.1. The molecule has 11 heavy (non-hydrogen) atoms. The lowest BCUT2D eigenvalue weighted by atomic mass is 10.3. The summed E-state index contributed by atoms with van der Waals surface area (Å²) < 4.78 is 1.84. The number of nitrogens with zero attached hydrogens (tertiary/aromatic N) is 3. The maximum atomic E-state index is 5.63. The third-order valence-electron chi connectivity index (χ3n) is 1.54. The van der Waals surface area contributed by atoms with Crippen molar-refractivity contribution in [2.24, 2.45) is 12.8 Å². The average molecular weight is 155 g/mol. The van der Waals surface area contributed by atoms with Crippen molar-refractivity contribution in [3.8, 4) is 0 Å². The molecule has 0 saturated heterocycles. The molecule has 0 aliphatic carbocycles. The van der Waals surface area contributed by atoms with Crippen LogP contribution in [0.4, 0.5) is 5.95 Å². The molecular weight excluding hydrogens is 142 g/mol. The highest BCUT2D eigenvalue weighted by atomic mass is 15.3. The number of nitrogens with one attached hydrogen (secondary N) is 1. The molecule has 62 valence electrons. The Balaban J connectivity index is 3.00. The molecule has 1 rings (SSSR count). The molecule has 0 aromatic carbocycles. The monoisotopic (exact) mass is 155 g/mol. The minimum atomic E-state index is -0.0744. The van der Waals surface area contributed by atoms with Crippen molar-refractivity contribution in [1.29, 1.82) is 0 Å². The zero-order valence-corrected chi connectivity index (χ0v) is 7.00. The maximum Gasteiger partial charge on any atom is 0.224 e. The van der Waals surface area contributed by atoms with E-state index >= 15 is 0 Å². The van der Waals surface area contributed by atoms with Gasteiger partial charge in [0.1, 0.15) is 0 Å². The van der Waals surface area contributed by atoms with Gasteiger partial charge in [0, 0.05) is 14.1 Å². The third kappa shape index (κ3) is 1.32. The summed E-state index contributed by atoms with van der Waals surface area (Å²) in [6.45, 7) is 1.88. The summed E-state index contributed by atoms with van der Waals surface area (Å²) in [5, 5.41) is 10.7. The molecule has 0 aliphatic rings. The molecule has 1 aromatic rings. The van der Waals surface area contributed by atoms with E-state index in [2.05, 4.69) is 15.5 Å². The molecule has 1 aromatic heterocycles. The fourth-order valence-corrected chi connectivity index (χ4v) is 0.955. The Hall–Kier alpha value is -1.10. The van der Waals surface area contributed by atoms with Gasteiger partial charge in [-0.1, -0.05) is 0 Å². The van der Waals surface area contributed by atoms with Crippen molar-refractivity contribution in [2.45, 2.75) is 13.0 Å². The van der Waals surface area contributed by atoms with E-state index in [9.17, 15) is 0 Å². The van der Waals surface area contributed by atoms with Gasteiger partial charge in [0.05, 0.1) is 6.04 Å². The van der Waals surface area contributed by atoms with Gasteiger partial charge in [-0.3, -0.25) is 4.57 Å². The van der Waals surface area contributed by atoms with Gasteiger partial charge in [0.2, 0.25) is 5.95 Å². The first kappa shape index (κ1) is 8.00. The minimum absolute atomic E-state index is 0.0744. The lowest BCUT2D eigenvalue weighted by Crippen LogP contribution is -2.12. The van der Waals surface area contributed by atoms with Gasteiger partial charge in [-0.25, -0.2) is 0 Å². The van der Waals surface area contributed by atoms with E-state index in [0.717, 1.165) is 11.8 Å². The molecule has 0 fully saturated rings. The van der Waals surface area contributed by atoms with E-state index in [1.807, 2.05) is 18.5 Å². The average Bonchev–Trinajstić information content (AvgIpc) is 2.30. The van der Waals surface area contributed by atoms with E-state index < -0.39 is 0 Å². The summed E-state index contributed by atoms with van der Waals surface area (Å²) in [6.07, 6.45) is 0. The molecule has 0 radical (unpaired) electrons. The third-order valence-corrected chi connectivity index (χ3v) is 1.54. The Bertz CT molecular complexity index is 239. The summed E-state index contributed by atoms with van der Waals surface area (Å²) in [5.41, 5.74) is 5.63. The fourth-order valence-electron chi connectivity index (χ4n) is 0.955. The Morgan fingerprint density at radius 1 is 1.55 bits per heavy atom. The van der Waals surface area contributed by atoms with Crippen LogP contribution in [0.2, 0.25) is 0 Å². The van der Waals surface area contributed by atoms with E-state index in [4.69, 9.17) is 5.73 Å². The molecule has 1 heterocycles. The van der Waals surface area contributed by atoms with Gasteiger partial charge >= 0.3 is 0 Å². The molecule has 0 amide bonds. The number of aromatic nitrogens is 3. The first-order chi connectivity index (χ1) is 5.16. The van der Waals surface area contributed by atoms with Gasteiger partial charge < -0.3 is 11.1 Å². The van der Waals surface area contributed by atoms with Crippen LogP contribution in [0.15, 0.2) is 0 Å². The van der Waals surface area contributed by atoms with Crippen LogP contribution in [-0.2, 0) is 7.05 Å². The maximum absolute atomic E-state index is 5.63. The van der Waals surface area contributed by atoms with Crippen LogP contribution in [0.5, 0.6) is 0 Å². The van der Waals surface area contributed by atoms with Gasteiger partial charge in [0.15, 0.2) is 5.82 Å². The molecular formula is C6H13N5. The van der Waals surface area contributed by atoms with Gasteiger partial charge in [-0.05, 0) is 6.92 Å². The van der Waals surface area contributed by atoms with Gasteiger partial charge in [-0.2, -0.15) is 0 Å². The van der Waals surface area contributed by atoms with Gasteiger partial charge in [-0.15, -0.1) is 10.2 Å². The quantitative estimate of drug-likeness (QED) is 0.624. The standard InChI is InChI=1S/C6H13N5/c1-4(7)5-9-10-6(8-2)11(5)3/h4H,7H2,1-3H3,(H,8,10)/t4-/m0/s1. The predicted octanol–water partition coefficient (Wildman–Crippen LogP) is -0.124. The zero-order valence-electron chi connectivity index (χ0n) is 7.00. The molecule has 5 nitrogen and oxygen atoms in total. The highest BCUT2D eigenvalue weighted by Gasteiger charge is 2.09. The van der Waals surface area contributed by atoms with Crippen LogP contribution in [0, 0.1) is 0 Å². The van der Waals surface area contributed by atoms with Crippen molar-refractivity contribution in [1.82, 2.24) is 14.8 Å². The summed E-state index contributed by atoms with van der Waals surface area (Å²) in [6, 6.07) is -0.0744. The largest absolute Gasteiger partial charge is 0.357 e. The van der Waals surface area contributed by atoms with Gasteiger partial charge in [0.25, 0.3) is 0 Å². The molecule has 3 N–H and O–H groups in total. The van der Waals surface area contributed by atoms with Crippen LogP contribution in [0.25, 0.3) is 0 Å². The number of hydrogen-bond acceptors (Lipinski definition) is 4. The highest BCUT2D eigenvalue weighted by Crippen LogP contribution is 2.09. The lowest BCUT2D eigenvalue weighted by molar-refractivity contribution is 0.686. The lowest BCUT2D eigenvalue weighted by Gasteiger charge is -2.04. The first-order valence-corrected chi connectivity index (χ1v) is 3.49. The van der Waals surface area contributed by atoms with Crippen LogP contribution >= 0.6 is 0 Å². The second-order valence-corrected chi connectivity index (χ2v) is 2.48. The fraction of sp³-hybridized carbons (Fsp3) is 0.667. The minimum Gasteiger partial charge on any atom is -0.357 e. The summed E-state index contributed by atoms with van der Waals surface area (Å²) in [7, 11) is 3.68. The van der Waals surface area contributed by atoms with Crippen molar-refractivity contribution in [3.05, 3.63) is 5.82 Å². The van der Waals surface area contributed by atoms with E-state index in [1.165, 1.54) is 0 Å². The second-order valence-electron chi connectivity index (χ2n) is 2.48. The summed E-state index contributed by atoms with van der Waals surface area (Å²) in [5.74, 6) is 1.52. The number of anilines is 1. The van der Waals surface area contributed by atoms with Crippen molar-refractivity contribution >= 4 is 5.95 Å². The highest BCUT2D eigenvalue weighted by molar-refractivity contribution is 5.24. The Morgan fingerprint density at radius 3 is 2.45 bits per heavy atom. The molecule has 0 spiro atoms. The Kier molecular flexibility index (Phi) is 2.09. The molecule has 0 saturated carbocycles. The smallest absolute Gasteiger partial charge is 0.224 e. The number of rotatable bonds is 2. The van der Waals surface area contributed by atoms with Crippen LogP contribution in [0.1, 0.15) is 18.8 Å². The predicted molar refractivity (Wildman–Crippen MR) is 43.2 cm³/mol. The van der Waals surface area contributed by atoms with E-state index in [0.29, 0.717) is 0 Å². The summed E-state index contributed by atoms with van der Waals surface area (Å²) in [4.78, 5) is 0. The Labute approximate surface area is 65.6 Å². The van der Waals surface area contributed by atoms with E-state index in [-0.39, 0.29) is 6.04 Å². The second kappa shape index (κ2) is 2.87. The molecule has 5 heteroatoms. The SMILES string of the molecule is CNc1nnc([C@H](C)N)n1C. The molecule has 1 atom stereocenters. The zero-order chi connectivity index (χ0) is 8.43. The van der Waals surface area contributed by atoms with Crippen LogP contribution in [-0.4, -0.2) is 21.8 Å². The topological polar surface area (TPSA) is 68.8 Å². The molecule has 0 aliphatic heterocycles. The van der Waals surface area contributed by atoms with Crippen molar-refractivity contribution in [2.75, 3.05) is 12.4 Å². The van der Waals surface area contributed by atoms with Crippen molar-refractivity contribution < 1.29 is 0 Å². The van der Waals surface area contributed by atoms with Crippen LogP contribution < -0.4 is 11.1 Å². The first-order valence-electron chi connectivity index (χ1n) is 3.49. The van der Waals surface area contributed by atoms with E-state index in [1.54, 1.807) is 7.05 Å².